The summed E-state index contributed by atoms with van der Waals surface area (Å²) in [6, 6.07) is 7.15. The van der Waals surface area contributed by atoms with Crippen LogP contribution in [0.15, 0.2) is 40.7 Å². The minimum Gasteiger partial charge on any atom is -0.493 e. The van der Waals surface area contributed by atoms with Crippen molar-refractivity contribution in [2.45, 2.75) is 6.10 Å². The van der Waals surface area contributed by atoms with Crippen molar-refractivity contribution in [3.8, 4) is 11.5 Å². The molecule has 0 radical (unpaired) electrons. The lowest BCUT2D eigenvalue weighted by molar-refractivity contribution is -0.434. The van der Waals surface area contributed by atoms with Gasteiger partial charge in [0.1, 0.15) is 0 Å². The molecule has 1 aliphatic rings. The van der Waals surface area contributed by atoms with E-state index in [1.54, 1.807) is 31.4 Å². The van der Waals surface area contributed by atoms with Crippen LogP contribution in [0.1, 0.15) is 17.2 Å². The van der Waals surface area contributed by atoms with Crippen molar-refractivity contribution >= 4 is 17.4 Å². The minimum absolute atomic E-state index is 0.0316. The zero-order valence-corrected chi connectivity index (χ0v) is 11.4. The fraction of sp³-hybridized carbons (Fsp3) is 0.143. The number of para-hydroxylation sites is 1. The SMILES string of the molecule is COc1cccc2c1OC(c1ccsc1)C([N+](=O)[O-])=C2. The number of benzene rings is 1. The number of hydrogen-bond acceptors (Lipinski definition) is 5. The van der Waals surface area contributed by atoms with Crippen LogP contribution >= 0.6 is 11.3 Å². The lowest BCUT2D eigenvalue weighted by Crippen LogP contribution is -2.19. The van der Waals surface area contributed by atoms with E-state index in [1.165, 1.54) is 11.3 Å². The average Bonchev–Trinajstić information content (AvgIpc) is 2.99. The summed E-state index contributed by atoms with van der Waals surface area (Å²) < 4.78 is 11.1. The molecule has 0 bridgehead atoms. The molecule has 0 saturated carbocycles. The van der Waals surface area contributed by atoms with Gasteiger partial charge in [-0.25, -0.2) is 0 Å². The van der Waals surface area contributed by atoms with Crippen LogP contribution in [0.4, 0.5) is 0 Å². The second-order valence-electron chi connectivity index (χ2n) is 4.26. The Bertz CT molecular complexity index is 678. The lowest BCUT2D eigenvalue weighted by atomic mass is 10.0. The fourth-order valence-electron chi connectivity index (χ4n) is 2.16. The van der Waals surface area contributed by atoms with Gasteiger partial charge in [0.15, 0.2) is 11.5 Å². The van der Waals surface area contributed by atoms with Crippen molar-refractivity contribution in [1.29, 1.82) is 0 Å². The molecular weight excluding hydrogens is 278 g/mol. The molecule has 0 aliphatic carbocycles. The largest absolute Gasteiger partial charge is 0.493 e. The molecule has 1 unspecified atom stereocenters. The summed E-state index contributed by atoms with van der Waals surface area (Å²) in [5, 5.41) is 15.0. The standard InChI is InChI=1S/C14H11NO4S/c1-18-12-4-2-3-9-7-11(15(16)17)13(19-14(9)12)10-5-6-20-8-10/h2-8,13H,1H3. The number of rotatable bonds is 3. The fourth-order valence-corrected chi connectivity index (χ4v) is 2.83. The Morgan fingerprint density at radius 2 is 2.25 bits per heavy atom. The lowest BCUT2D eigenvalue weighted by Gasteiger charge is -2.23. The third-order valence-corrected chi connectivity index (χ3v) is 3.80. The molecule has 6 heteroatoms. The van der Waals surface area contributed by atoms with Crippen LogP contribution in [0.25, 0.3) is 6.08 Å². The Hall–Kier alpha value is -2.34. The molecule has 1 atom stereocenters. The number of nitro groups is 1. The van der Waals surface area contributed by atoms with Crippen molar-refractivity contribution in [1.82, 2.24) is 0 Å². The van der Waals surface area contributed by atoms with Crippen LogP contribution in [-0.4, -0.2) is 12.0 Å². The maximum atomic E-state index is 11.3. The van der Waals surface area contributed by atoms with Crippen molar-refractivity contribution in [2.24, 2.45) is 0 Å². The topological polar surface area (TPSA) is 61.6 Å². The summed E-state index contributed by atoms with van der Waals surface area (Å²) in [7, 11) is 1.55. The zero-order valence-electron chi connectivity index (χ0n) is 10.6. The molecule has 20 heavy (non-hydrogen) atoms. The van der Waals surface area contributed by atoms with Crippen molar-refractivity contribution < 1.29 is 14.4 Å². The molecule has 2 aromatic rings. The molecule has 3 rings (SSSR count). The Balaban J connectivity index is 2.13. The number of nitrogens with zero attached hydrogens (tertiary/aromatic N) is 1. The first-order valence-electron chi connectivity index (χ1n) is 5.92. The number of ether oxygens (including phenoxy) is 2. The summed E-state index contributed by atoms with van der Waals surface area (Å²) >= 11 is 1.48. The Morgan fingerprint density at radius 3 is 2.90 bits per heavy atom. The Kier molecular flexibility index (Phi) is 3.15. The van der Waals surface area contributed by atoms with E-state index in [0.29, 0.717) is 17.1 Å². The van der Waals surface area contributed by atoms with Gasteiger partial charge in [-0.15, -0.1) is 0 Å². The molecule has 0 saturated heterocycles. The van der Waals surface area contributed by atoms with Crippen LogP contribution in [0, 0.1) is 10.1 Å². The molecule has 1 aromatic carbocycles. The number of thiophene rings is 1. The van der Waals surface area contributed by atoms with E-state index in [4.69, 9.17) is 9.47 Å². The van der Waals surface area contributed by atoms with Crippen LogP contribution in [0.3, 0.4) is 0 Å². The second-order valence-corrected chi connectivity index (χ2v) is 5.04. The molecule has 1 aliphatic heterocycles. The molecule has 1 aromatic heterocycles. The zero-order chi connectivity index (χ0) is 14.1. The normalized spacial score (nSPS) is 16.9. The van der Waals surface area contributed by atoms with Gasteiger partial charge in [0.05, 0.1) is 12.0 Å². The van der Waals surface area contributed by atoms with Gasteiger partial charge in [0.2, 0.25) is 6.10 Å². The highest BCUT2D eigenvalue weighted by Gasteiger charge is 2.34. The molecule has 0 amide bonds. The molecular formula is C14H11NO4S. The van der Waals surface area contributed by atoms with Gasteiger partial charge in [0, 0.05) is 17.2 Å². The predicted molar refractivity (Wildman–Crippen MR) is 75.7 cm³/mol. The second kappa shape index (κ2) is 4.97. The maximum Gasteiger partial charge on any atom is 0.291 e. The summed E-state index contributed by atoms with van der Waals surface area (Å²) in [6.07, 6.45) is 0.837. The molecule has 5 nitrogen and oxygen atoms in total. The molecule has 0 N–H and O–H groups in total. The summed E-state index contributed by atoms with van der Waals surface area (Å²) in [5.41, 5.74) is 1.46. The van der Waals surface area contributed by atoms with Crippen LogP contribution in [-0.2, 0) is 0 Å². The minimum atomic E-state index is -0.708. The molecule has 2 heterocycles. The van der Waals surface area contributed by atoms with E-state index in [-0.39, 0.29) is 5.70 Å². The van der Waals surface area contributed by atoms with Crippen molar-refractivity contribution in [2.75, 3.05) is 7.11 Å². The number of fused-ring (bicyclic) bond motifs is 1. The van der Waals surface area contributed by atoms with E-state index < -0.39 is 11.0 Å². The van der Waals surface area contributed by atoms with E-state index in [1.807, 2.05) is 16.8 Å². The molecule has 0 spiro atoms. The van der Waals surface area contributed by atoms with Gasteiger partial charge in [-0.1, -0.05) is 12.1 Å². The smallest absolute Gasteiger partial charge is 0.291 e. The Labute approximate surface area is 119 Å². The van der Waals surface area contributed by atoms with Gasteiger partial charge in [-0.05, 0) is 22.9 Å². The highest BCUT2D eigenvalue weighted by atomic mass is 32.1. The van der Waals surface area contributed by atoms with Crippen molar-refractivity contribution in [3.63, 3.8) is 0 Å². The summed E-state index contributed by atoms with van der Waals surface area (Å²) in [5.74, 6) is 1.11. The Morgan fingerprint density at radius 1 is 1.40 bits per heavy atom. The van der Waals surface area contributed by atoms with E-state index in [2.05, 4.69) is 0 Å². The summed E-state index contributed by atoms with van der Waals surface area (Å²) in [6.45, 7) is 0. The van der Waals surface area contributed by atoms with Gasteiger partial charge < -0.3 is 9.47 Å². The van der Waals surface area contributed by atoms with Crippen LogP contribution < -0.4 is 9.47 Å². The monoisotopic (exact) mass is 289 g/mol. The van der Waals surface area contributed by atoms with Gasteiger partial charge in [0.25, 0.3) is 5.70 Å². The quantitative estimate of drug-likeness (QED) is 0.641. The van der Waals surface area contributed by atoms with Crippen molar-refractivity contribution in [3.05, 3.63) is 62.0 Å². The van der Waals surface area contributed by atoms with Crippen LogP contribution in [0.2, 0.25) is 0 Å². The van der Waals surface area contributed by atoms with E-state index in [9.17, 15) is 10.1 Å². The van der Waals surface area contributed by atoms with Gasteiger partial charge >= 0.3 is 0 Å². The highest BCUT2D eigenvalue weighted by Crippen LogP contribution is 2.42. The summed E-state index contributed by atoms with van der Waals surface area (Å²) in [4.78, 5) is 10.9. The number of methoxy groups -OCH3 is 1. The van der Waals surface area contributed by atoms with Gasteiger partial charge in [-0.3, -0.25) is 10.1 Å². The van der Waals surface area contributed by atoms with E-state index in [0.717, 1.165) is 5.56 Å². The molecule has 0 fully saturated rings. The predicted octanol–water partition coefficient (Wildman–Crippen LogP) is 3.51. The first-order valence-corrected chi connectivity index (χ1v) is 6.86. The highest BCUT2D eigenvalue weighted by molar-refractivity contribution is 7.08. The first kappa shape index (κ1) is 12.7. The first-order chi connectivity index (χ1) is 9.70. The average molecular weight is 289 g/mol. The number of hydrogen-bond donors (Lipinski definition) is 0. The van der Waals surface area contributed by atoms with Gasteiger partial charge in [-0.2, -0.15) is 11.3 Å². The maximum absolute atomic E-state index is 11.3. The molecule has 102 valence electrons. The van der Waals surface area contributed by atoms with E-state index >= 15 is 0 Å². The third-order valence-electron chi connectivity index (χ3n) is 3.09. The third kappa shape index (κ3) is 2.04. The van der Waals surface area contributed by atoms with Crippen LogP contribution in [0.5, 0.6) is 11.5 Å².